The van der Waals surface area contributed by atoms with Crippen molar-refractivity contribution in [3.05, 3.63) is 0 Å². The van der Waals surface area contributed by atoms with Gasteiger partial charge in [0, 0.05) is 23.8 Å². The Balaban J connectivity index is 1.35. The molecule has 3 heteroatoms. The second kappa shape index (κ2) is 5.65. The van der Waals surface area contributed by atoms with Gasteiger partial charge in [0.05, 0.1) is 0 Å². The molecule has 0 aromatic rings. The van der Waals surface area contributed by atoms with Crippen LogP contribution in [0.3, 0.4) is 0 Å². The van der Waals surface area contributed by atoms with Crippen molar-refractivity contribution >= 4 is 11.7 Å². The van der Waals surface area contributed by atoms with Gasteiger partial charge in [-0.05, 0) is 69.6 Å². The first-order valence-corrected chi connectivity index (χ1v) is 9.46. The predicted octanol–water partition coefficient (Wildman–Crippen LogP) is 3.32. The summed E-state index contributed by atoms with van der Waals surface area (Å²) in [5.74, 6) is 3.63. The topological polar surface area (TPSA) is 46.2 Å². The second-order valence-corrected chi connectivity index (χ2v) is 8.53. The van der Waals surface area contributed by atoms with Crippen LogP contribution in [0.2, 0.25) is 0 Å². The molecule has 0 saturated heterocycles. The SMILES string of the molecule is C[C@@H](NC(=O)C1C[C@H]2CCC[C@@H](C1)C2=O)[C@@H]1C[C@H]2CC[C@H]1C2. The van der Waals surface area contributed by atoms with Gasteiger partial charge in [-0.15, -0.1) is 0 Å². The fourth-order valence-electron chi connectivity index (χ4n) is 6.05. The minimum Gasteiger partial charge on any atom is -0.353 e. The quantitative estimate of drug-likeness (QED) is 0.869. The first-order valence-electron chi connectivity index (χ1n) is 9.46. The van der Waals surface area contributed by atoms with Gasteiger partial charge in [-0.2, -0.15) is 0 Å². The number of hydrogen-bond acceptors (Lipinski definition) is 2. The van der Waals surface area contributed by atoms with Crippen LogP contribution in [-0.2, 0) is 9.59 Å². The van der Waals surface area contributed by atoms with Crippen LogP contribution in [0.4, 0.5) is 0 Å². The molecule has 4 bridgehead atoms. The molecule has 4 aliphatic rings. The lowest BCUT2D eigenvalue weighted by Gasteiger charge is -2.38. The smallest absolute Gasteiger partial charge is 0.223 e. The van der Waals surface area contributed by atoms with Crippen molar-refractivity contribution in [2.75, 3.05) is 0 Å². The Morgan fingerprint density at radius 2 is 1.77 bits per heavy atom. The van der Waals surface area contributed by atoms with E-state index in [-0.39, 0.29) is 23.7 Å². The Morgan fingerprint density at radius 3 is 2.36 bits per heavy atom. The third-order valence-electron chi connectivity index (χ3n) is 7.22. The number of carbonyl (C=O) groups excluding carboxylic acids is 2. The van der Waals surface area contributed by atoms with Crippen molar-refractivity contribution < 1.29 is 9.59 Å². The standard InChI is InChI=1S/C19H29NO2/c1-11(17-8-12-5-6-13(17)7-12)20-19(22)16-9-14-3-2-4-15(10-16)18(14)21/h11-17H,2-10H2,1H3,(H,20,22)/t11-,12+,13+,14-,15+,16?,17+/m1/s1. The highest BCUT2D eigenvalue weighted by Gasteiger charge is 2.44. The van der Waals surface area contributed by atoms with Gasteiger partial charge in [-0.3, -0.25) is 9.59 Å². The average molecular weight is 303 g/mol. The highest BCUT2D eigenvalue weighted by molar-refractivity contribution is 5.88. The molecule has 0 aliphatic heterocycles. The fraction of sp³-hybridized carbons (Fsp3) is 0.895. The van der Waals surface area contributed by atoms with E-state index in [1.54, 1.807) is 0 Å². The predicted molar refractivity (Wildman–Crippen MR) is 85.1 cm³/mol. The molecule has 1 unspecified atom stereocenters. The molecule has 0 heterocycles. The number of nitrogens with one attached hydrogen (secondary N) is 1. The lowest BCUT2D eigenvalue weighted by atomic mass is 9.67. The molecule has 4 fully saturated rings. The Bertz CT molecular complexity index is 458. The van der Waals surface area contributed by atoms with Crippen LogP contribution < -0.4 is 5.32 Å². The summed E-state index contributed by atoms with van der Waals surface area (Å²) in [7, 11) is 0. The highest BCUT2D eigenvalue weighted by Crippen LogP contribution is 2.49. The Labute approximate surface area is 133 Å². The van der Waals surface area contributed by atoms with Crippen LogP contribution in [0.1, 0.15) is 64.7 Å². The molecular weight excluding hydrogens is 274 g/mol. The molecule has 122 valence electrons. The number of Topliss-reactive ketones (excluding diaryl/α,β-unsaturated/α-hetero) is 1. The summed E-state index contributed by atoms with van der Waals surface area (Å²) < 4.78 is 0. The molecule has 1 N–H and O–H groups in total. The Morgan fingerprint density at radius 1 is 1.05 bits per heavy atom. The average Bonchev–Trinajstić information content (AvgIpc) is 3.09. The van der Waals surface area contributed by atoms with Gasteiger partial charge in [0.2, 0.25) is 5.91 Å². The van der Waals surface area contributed by atoms with E-state index in [9.17, 15) is 9.59 Å². The third kappa shape index (κ3) is 2.51. The number of fused-ring (bicyclic) bond motifs is 4. The molecule has 4 aliphatic carbocycles. The van der Waals surface area contributed by atoms with Crippen molar-refractivity contribution in [2.24, 2.45) is 35.5 Å². The van der Waals surface area contributed by atoms with Crippen molar-refractivity contribution in [3.63, 3.8) is 0 Å². The van der Waals surface area contributed by atoms with Gasteiger partial charge in [0.15, 0.2) is 0 Å². The van der Waals surface area contributed by atoms with Gasteiger partial charge in [0.1, 0.15) is 5.78 Å². The molecule has 3 nitrogen and oxygen atoms in total. The Kier molecular flexibility index (Phi) is 3.78. The van der Waals surface area contributed by atoms with Crippen molar-refractivity contribution in [3.8, 4) is 0 Å². The van der Waals surface area contributed by atoms with Gasteiger partial charge in [-0.1, -0.05) is 12.8 Å². The van der Waals surface area contributed by atoms with Crippen molar-refractivity contribution in [1.29, 1.82) is 0 Å². The zero-order valence-electron chi connectivity index (χ0n) is 13.7. The number of amides is 1. The third-order valence-corrected chi connectivity index (χ3v) is 7.22. The molecule has 4 rings (SSSR count). The monoisotopic (exact) mass is 303 g/mol. The molecule has 0 spiro atoms. The summed E-state index contributed by atoms with van der Waals surface area (Å²) in [6.45, 7) is 2.21. The summed E-state index contributed by atoms with van der Waals surface area (Å²) in [5, 5.41) is 3.33. The van der Waals surface area contributed by atoms with Crippen molar-refractivity contribution in [2.45, 2.75) is 70.8 Å². The summed E-state index contributed by atoms with van der Waals surface area (Å²) in [5.41, 5.74) is 0. The van der Waals surface area contributed by atoms with E-state index in [4.69, 9.17) is 0 Å². The zero-order chi connectivity index (χ0) is 15.3. The van der Waals surface area contributed by atoms with Crippen LogP contribution >= 0.6 is 0 Å². The van der Waals surface area contributed by atoms with E-state index in [1.807, 2.05) is 0 Å². The lowest BCUT2D eigenvalue weighted by molar-refractivity contribution is -0.138. The maximum atomic E-state index is 12.7. The van der Waals surface area contributed by atoms with E-state index in [0.29, 0.717) is 17.7 Å². The zero-order valence-corrected chi connectivity index (χ0v) is 13.7. The molecule has 4 saturated carbocycles. The lowest BCUT2D eigenvalue weighted by Crippen LogP contribution is -2.47. The molecule has 1 amide bonds. The van der Waals surface area contributed by atoms with Crippen molar-refractivity contribution in [1.82, 2.24) is 5.32 Å². The van der Waals surface area contributed by atoms with Gasteiger partial charge >= 0.3 is 0 Å². The van der Waals surface area contributed by atoms with Crippen LogP contribution in [0, 0.1) is 35.5 Å². The molecular formula is C19H29NO2. The van der Waals surface area contributed by atoms with Crippen LogP contribution in [-0.4, -0.2) is 17.7 Å². The molecule has 7 atom stereocenters. The summed E-state index contributed by atoms with van der Waals surface area (Å²) in [4.78, 5) is 24.8. The molecule has 0 aromatic carbocycles. The molecule has 0 aromatic heterocycles. The number of rotatable bonds is 3. The van der Waals surface area contributed by atoms with Crippen LogP contribution in [0.15, 0.2) is 0 Å². The minimum absolute atomic E-state index is 0.0917. The van der Waals surface area contributed by atoms with E-state index < -0.39 is 0 Å². The maximum Gasteiger partial charge on any atom is 0.223 e. The summed E-state index contributed by atoms with van der Waals surface area (Å²) >= 11 is 0. The number of hydrogen-bond donors (Lipinski definition) is 1. The first-order chi connectivity index (χ1) is 10.6. The van der Waals surface area contributed by atoms with E-state index in [0.717, 1.165) is 37.5 Å². The summed E-state index contributed by atoms with van der Waals surface area (Å²) in [6.07, 6.45) is 10.3. The van der Waals surface area contributed by atoms with E-state index in [2.05, 4.69) is 12.2 Å². The fourth-order valence-corrected chi connectivity index (χ4v) is 6.05. The van der Waals surface area contributed by atoms with Gasteiger partial charge < -0.3 is 5.32 Å². The normalized spacial score (nSPS) is 44.9. The number of ketones is 1. The minimum atomic E-state index is 0.0917. The van der Waals surface area contributed by atoms with Crippen LogP contribution in [0.25, 0.3) is 0 Å². The first kappa shape index (κ1) is 14.7. The Hall–Kier alpha value is -0.860. The maximum absolute atomic E-state index is 12.7. The largest absolute Gasteiger partial charge is 0.353 e. The van der Waals surface area contributed by atoms with Crippen LogP contribution in [0.5, 0.6) is 0 Å². The molecule has 0 radical (unpaired) electrons. The van der Waals surface area contributed by atoms with Gasteiger partial charge in [0.25, 0.3) is 0 Å². The summed E-state index contributed by atoms with van der Waals surface area (Å²) in [6, 6.07) is 0.320. The molecule has 22 heavy (non-hydrogen) atoms. The van der Waals surface area contributed by atoms with E-state index in [1.165, 1.54) is 32.1 Å². The second-order valence-electron chi connectivity index (χ2n) is 8.53. The highest BCUT2D eigenvalue weighted by atomic mass is 16.2. The number of carbonyl (C=O) groups is 2. The van der Waals surface area contributed by atoms with E-state index >= 15 is 0 Å². The van der Waals surface area contributed by atoms with Gasteiger partial charge in [-0.25, -0.2) is 0 Å².